The quantitative estimate of drug-likeness (QED) is 0.617. The zero-order valence-electron chi connectivity index (χ0n) is 10.4. The van der Waals surface area contributed by atoms with E-state index in [1.165, 1.54) is 11.1 Å². The molecule has 0 bridgehead atoms. The molecule has 0 aliphatic carbocycles. The van der Waals surface area contributed by atoms with Gasteiger partial charge in [0.1, 0.15) is 5.75 Å². The van der Waals surface area contributed by atoms with Gasteiger partial charge in [0.25, 0.3) is 0 Å². The van der Waals surface area contributed by atoms with Crippen LogP contribution >= 0.6 is 0 Å². The molecule has 1 fully saturated rings. The van der Waals surface area contributed by atoms with Crippen molar-refractivity contribution in [3.8, 4) is 5.75 Å². The van der Waals surface area contributed by atoms with Gasteiger partial charge in [-0.3, -0.25) is 11.3 Å². The average molecular weight is 236 g/mol. The Morgan fingerprint density at radius 3 is 2.88 bits per heavy atom. The molecule has 94 valence electrons. The van der Waals surface area contributed by atoms with Crippen LogP contribution in [0.2, 0.25) is 0 Å². The maximum Gasteiger partial charge on any atom is 0.119 e. The summed E-state index contributed by atoms with van der Waals surface area (Å²) in [4.78, 5) is 0. The van der Waals surface area contributed by atoms with E-state index in [0.29, 0.717) is 0 Å². The SMILES string of the molecule is COc1ccc(C(NN)C2CCCO2)c(C)c1. The van der Waals surface area contributed by atoms with Gasteiger partial charge in [0.15, 0.2) is 0 Å². The number of ether oxygens (including phenoxy) is 2. The van der Waals surface area contributed by atoms with E-state index in [1.54, 1.807) is 7.11 Å². The summed E-state index contributed by atoms with van der Waals surface area (Å²) in [7, 11) is 1.67. The van der Waals surface area contributed by atoms with Crippen LogP contribution in [0.15, 0.2) is 18.2 Å². The Morgan fingerprint density at radius 1 is 1.53 bits per heavy atom. The van der Waals surface area contributed by atoms with Gasteiger partial charge in [-0.15, -0.1) is 0 Å². The van der Waals surface area contributed by atoms with E-state index in [1.807, 2.05) is 12.1 Å². The molecule has 1 aliphatic rings. The van der Waals surface area contributed by atoms with Gasteiger partial charge < -0.3 is 9.47 Å². The molecule has 1 heterocycles. The Bertz CT molecular complexity index is 376. The van der Waals surface area contributed by atoms with Crippen molar-refractivity contribution in [3.05, 3.63) is 29.3 Å². The highest BCUT2D eigenvalue weighted by molar-refractivity contribution is 5.37. The third-order valence-electron chi connectivity index (χ3n) is 3.33. The topological polar surface area (TPSA) is 56.5 Å². The van der Waals surface area contributed by atoms with Crippen LogP contribution < -0.4 is 16.0 Å². The van der Waals surface area contributed by atoms with Crippen LogP contribution in [-0.2, 0) is 4.74 Å². The van der Waals surface area contributed by atoms with Gasteiger partial charge >= 0.3 is 0 Å². The van der Waals surface area contributed by atoms with Crippen molar-refractivity contribution in [1.29, 1.82) is 0 Å². The highest BCUT2D eigenvalue weighted by Gasteiger charge is 2.27. The summed E-state index contributed by atoms with van der Waals surface area (Å²) >= 11 is 0. The number of nitrogens with two attached hydrogens (primary N) is 1. The van der Waals surface area contributed by atoms with E-state index >= 15 is 0 Å². The van der Waals surface area contributed by atoms with Crippen LogP contribution in [0.3, 0.4) is 0 Å². The first-order valence-electron chi connectivity index (χ1n) is 5.98. The van der Waals surface area contributed by atoms with Gasteiger partial charge in [0.05, 0.1) is 19.3 Å². The lowest BCUT2D eigenvalue weighted by atomic mass is 9.96. The Morgan fingerprint density at radius 2 is 2.35 bits per heavy atom. The van der Waals surface area contributed by atoms with Crippen LogP contribution in [-0.4, -0.2) is 19.8 Å². The first kappa shape index (κ1) is 12.4. The zero-order chi connectivity index (χ0) is 12.3. The fourth-order valence-electron chi connectivity index (χ4n) is 2.39. The number of hydrazine groups is 1. The molecule has 0 radical (unpaired) electrons. The van der Waals surface area contributed by atoms with Gasteiger partial charge in [0.2, 0.25) is 0 Å². The summed E-state index contributed by atoms with van der Waals surface area (Å²) in [6.07, 6.45) is 2.34. The van der Waals surface area contributed by atoms with E-state index in [4.69, 9.17) is 15.3 Å². The second-order valence-electron chi connectivity index (χ2n) is 4.42. The molecule has 0 amide bonds. The maximum absolute atomic E-state index is 5.70. The summed E-state index contributed by atoms with van der Waals surface area (Å²) in [6.45, 7) is 2.90. The molecule has 1 saturated heterocycles. The lowest BCUT2D eigenvalue weighted by molar-refractivity contribution is 0.0781. The lowest BCUT2D eigenvalue weighted by Gasteiger charge is -2.24. The van der Waals surface area contributed by atoms with Gasteiger partial charge in [-0.25, -0.2) is 0 Å². The molecule has 0 saturated carbocycles. The predicted octanol–water partition coefficient (Wildman–Crippen LogP) is 1.69. The van der Waals surface area contributed by atoms with Gasteiger partial charge in [0, 0.05) is 6.61 Å². The molecule has 4 nitrogen and oxygen atoms in total. The Hall–Kier alpha value is -1.10. The largest absolute Gasteiger partial charge is 0.497 e. The highest BCUT2D eigenvalue weighted by atomic mass is 16.5. The van der Waals surface area contributed by atoms with Crippen molar-refractivity contribution in [2.75, 3.05) is 13.7 Å². The van der Waals surface area contributed by atoms with E-state index in [9.17, 15) is 0 Å². The Balaban J connectivity index is 2.23. The van der Waals surface area contributed by atoms with Crippen LogP contribution in [0.5, 0.6) is 5.75 Å². The molecule has 1 aliphatic heterocycles. The van der Waals surface area contributed by atoms with Crippen molar-refractivity contribution in [3.63, 3.8) is 0 Å². The minimum atomic E-state index is 0.0587. The summed E-state index contributed by atoms with van der Waals surface area (Å²) in [6, 6.07) is 6.10. The molecular weight excluding hydrogens is 216 g/mol. The fourth-order valence-corrected chi connectivity index (χ4v) is 2.39. The minimum Gasteiger partial charge on any atom is -0.497 e. The number of methoxy groups -OCH3 is 1. The summed E-state index contributed by atoms with van der Waals surface area (Å²) < 4.78 is 10.9. The highest BCUT2D eigenvalue weighted by Crippen LogP contribution is 2.29. The summed E-state index contributed by atoms with van der Waals surface area (Å²) in [5, 5.41) is 0. The van der Waals surface area contributed by atoms with Crippen LogP contribution in [0, 0.1) is 6.92 Å². The monoisotopic (exact) mass is 236 g/mol. The molecule has 1 aromatic rings. The standard InChI is InChI=1S/C13H20N2O2/c1-9-8-10(16-2)5-6-11(9)13(15-14)12-4-3-7-17-12/h5-6,8,12-13,15H,3-4,7,14H2,1-2H3. The number of aryl methyl sites for hydroxylation is 1. The molecule has 2 unspecified atom stereocenters. The molecule has 1 aromatic carbocycles. The maximum atomic E-state index is 5.70. The smallest absolute Gasteiger partial charge is 0.119 e. The predicted molar refractivity (Wildman–Crippen MR) is 66.8 cm³/mol. The average Bonchev–Trinajstić information content (AvgIpc) is 2.85. The van der Waals surface area contributed by atoms with E-state index in [0.717, 1.165) is 25.2 Å². The number of benzene rings is 1. The first-order valence-corrected chi connectivity index (χ1v) is 5.98. The van der Waals surface area contributed by atoms with Crippen molar-refractivity contribution in [2.45, 2.75) is 31.9 Å². The third kappa shape index (κ3) is 2.60. The minimum absolute atomic E-state index is 0.0587. The Kier molecular flexibility index (Phi) is 3.99. The zero-order valence-corrected chi connectivity index (χ0v) is 10.4. The normalized spacial score (nSPS) is 21.5. The second kappa shape index (κ2) is 5.49. The Labute approximate surface area is 102 Å². The second-order valence-corrected chi connectivity index (χ2v) is 4.42. The fraction of sp³-hybridized carbons (Fsp3) is 0.538. The van der Waals surface area contributed by atoms with Crippen molar-refractivity contribution in [2.24, 2.45) is 5.84 Å². The lowest BCUT2D eigenvalue weighted by Crippen LogP contribution is -2.36. The number of hydrogen-bond acceptors (Lipinski definition) is 4. The molecule has 2 atom stereocenters. The molecule has 3 N–H and O–H groups in total. The molecule has 2 rings (SSSR count). The number of hydrogen-bond donors (Lipinski definition) is 2. The van der Waals surface area contributed by atoms with Crippen molar-refractivity contribution < 1.29 is 9.47 Å². The van der Waals surface area contributed by atoms with Gasteiger partial charge in [-0.05, 0) is 43.0 Å². The molecule has 17 heavy (non-hydrogen) atoms. The molecule has 0 aromatic heterocycles. The summed E-state index contributed by atoms with van der Waals surface area (Å²) in [5.41, 5.74) is 5.22. The third-order valence-corrected chi connectivity index (χ3v) is 3.33. The van der Waals surface area contributed by atoms with Crippen LogP contribution in [0.4, 0.5) is 0 Å². The summed E-state index contributed by atoms with van der Waals surface area (Å²) in [5.74, 6) is 6.53. The van der Waals surface area contributed by atoms with E-state index in [2.05, 4.69) is 18.4 Å². The van der Waals surface area contributed by atoms with Gasteiger partial charge in [-0.1, -0.05) is 6.07 Å². The molecular formula is C13H20N2O2. The van der Waals surface area contributed by atoms with E-state index in [-0.39, 0.29) is 12.1 Å². The first-order chi connectivity index (χ1) is 8.26. The molecule has 4 heteroatoms. The molecule has 0 spiro atoms. The number of nitrogens with one attached hydrogen (secondary N) is 1. The van der Waals surface area contributed by atoms with Gasteiger partial charge in [-0.2, -0.15) is 0 Å². The number of rotatable bonds is 4. The van der Waals surface area contributed by atoms with Crippen molar-refractivity contribution in [1.82, 2.24) is 5.43 Å². The van der Waals surface area contributed by atoms with Crippen LogP contribution in [0.25, 0.3) is 0 Å². The van der Waals surface area contributed by atoms with E-state index < -0.39 is 0 Å². The van der Waals surface area contributed by atoms with Crippen molar-refractivity contribution >= 4 is 0 Å². The van der Waals surface area contributed by atoms with Crippen LogP contribution in [0.1, 0.15) is 30.0 Å².